The van der Waals surface area contributed by atoms with Gasteiger partial charge in [-0.2, -0.15) is 5.10 Å². The van der Waals surface area contributed by atoms with E-state index in [2.05, 4.69) is 9.84 Å². The summed E-state index contributed by atoms with van der Waals surface area (Å²) in [7, 11) is 2.81. The lowest BCUT2D eigenvalue weighted by molar-refractivity contribution is -0.387. The number of hydrogen-bond donors (Lipinski definition) is 0. The van der Waals surface area contributed by atoms with Crippen LogP contribution in [0.2, 0.25) is 0 Å². The molecule has 0 aliphatic rings. The fraction of sp³-hybridized carbons (Fsp3) is 0.167. The number of methoxy groups -OCH3 is 1. The van der Waals surface area contributed by atoms with E-state index in [0.29, 0.717) is 11.0 Å². The van der Waals surface area contributed by atoms with Crippen LogP contribution in [0.15, 0.2) is 34.3 Å². The fourth-order valence-corrected chi connectivity index (χ4v) is 2.59. The Bertz CT molecular complexity index is 717. The van der Waals surface area contributed by atoms with E-state index < -0.39 is 22.4 Å². The monoisotopic (exact) mass is 311 g/mol. The number of benzene rings is 1. The first-order chi connectivity index (χ1) is 9.92. The summed E-state index contributed by atoms with van der Waals surface area (Å²) in [4.78, 5) is 22.5. The van der Waals surface area contributed by atoms with Gasteiger partial charge in [0.25, 0.3) is 5.69 Å². The molecule has 7 nitrogen and oxygen atoms in total. The van der Waals surface area contributed by atoms with Crippen molar-refractivity contribution in [3.8, 4) is 0 Å². The van der Waals surface area contributed by atoms with Gasteiger partial charge in [0, 0.05) is 13.2 Å². The zero-order valence-corrected chi connectivity index (χ0v) is 11.9. The van der Waals surface area contributed by atoms with Crippen LogP contribution in [0.5, 0.6) is 0 Å². The van der Waals surface area contributed by atoms with Crippen LogP contribution in [0.1, 0.15) is 10.4 Å². The maximum atomic E-state index is 13.7. The lowest BCUT2D eigenvalue weighted by Crippen LogP contribution is -2.06. The number of aryl methyl sites for hydroxylation is 1. The second-order valence-electron chi connectivity index (χ2n) is 4.00. The summed E-state index contributed by atoms with van der Waals surface area (Å²) in [6.45, 7) is 0. The summed E-state index contributed by atoms with van der Waals surface area (Å²) in [5, 5.41) is 14.9. The molecule has 0 N–H and O–H groups in total. The lowest BCUT2D eigenvalue weighted by Gasteiger charge is -2.05. The van der Waals surface area contributed by atoms with E-state index in [4.69, 9.17) is 0 Å². The van der Waals surface area contributed by atoms with Crippen molar-refractivity contribution in [2.24, 2.45) is 7.05 Å². The van der Waals surface area contributed by atoms with Gasteiger partial charge in [0.2, 0.25) is 0 Å². The third-order valence-corrected chi connectivity index (χ3v) is 3.55. The number of halogens is 1. The van der Waals surface area contributed by atoms with Crippen molar-refractivity contribution in [2.75, 3.05) is 7.11 Å². The summed E-state index contributed by atoms with van der Waals surface area (Å²) in [6.07, 6.45) is 3.16. The van der Waals surface area contributed by atoms with Crippen LogP contribution in [-0.4, -0.2) is 27.8 Å². The number of nitro benzene ring substituents is 1. The number of hydrogen-bond acceptors (Lipinski definition) is 6. The molecule has 0 aliphatic heterocycles. The predicted molar refractivity (Wildman–Crippen MR) is 71.7 cm³/mol. The third-order valence-electron chi connectivity index (χ3n) is 2.56. The smallest absolute Gasteiger partial charge is 0.340 e. The topological polar surface area (TPSA) is 87.3 Å². The van der Waals surface area contributed by atoms with E-state index in [-0.39, 0.29) is 10.5 Å². The third kappa shape index (κ3) is 3.19. The molecular weight excluding hydrogens is 301 g/mol. The Labute approximate surface area is 122 Å². The summed E-state index contributed by atoms with van der Waals surface area (Å²) < 4.78 is 19.7. The molecule has 9 heteroatoms. The summed E-state index contributed by atoms with van der Waals surface area (Å²) in [5.74, 6) is -1.89. The Morgan fingerprint density at radius 2 is 2.24 bits per heavy atom. The molecule has 21 heavy (non-hydrogen) atoms. The minimum atomic E-state index is -0.996. The summed E-state index contributed by atoms with van der Waals surface area (Å²) in [5.41, 5.74) is -0.775. The molecule has 0 saturated heterocycles. The molecule has 0 fully saturated rings. The molecule has 0 aliphatic carbocycles. The molecule has 2 aromatic rings. The van der Waals surface area contributed by atoms with Crippen LogP contribution in [0, 0.1) is 15.9 Å². The second-order valence-corrected chi connectivity index (χ2v) is 5.12. The average molecular weight is 311 g/mol. The van der Waals surface area contributed by atoms with Crippen LogP contribution in [0.3, 0.4) is 0 Å². The van der Waals surface area contributed by atoms with Crippen molar-refractivity contribution in [3.05, 3.63) is 46.0 Å². The number of carbonyl (C=O) groups excluding carboxylic acids is 1. The van der Waals surface area contributed by atoms with E-state index in [1.807, 2.05) is 0 Å². The number of rotatable bonds is 4. The highest BCUT2D eigenvalue weighted by atomic mass is 32.2. The minimum absolute atomic E-state index is 0.134. The molecular formula is C12H10FN3O4S. The van der Waals surface area contributed by atoms with Gasteiger partial charge in [-0.3, -0.25) is 14.8 Å². The van der Waals surface area contributed by atoms with Gasteiger partial charge < -0.3 is 4.74 Å². The van der Waals surface area contributed by atoms with Crippen LogP contribution >= 0.6 is 11.8 Å². The van der Waals surface area contributed by atoms with Crippen LogP contribution in [0.4, 0.5) is 10.1 Å². The van der Waals surface area contributed by atoms with Crippen LogP contribution in [0.25, 0.3) is 0 Å². The molecule has 1 heterocycles. The lowest BCUT2D eigenvalue weighted by atomic mass is 10.2. The van der Waals surface area contributed by atoms with Crippen LogP contribution < -0.4 is 0 Å². The van der Waals surface area contributed by atoms with Gasteiger partial charge in [-0.25, -0.2) is 9.18 Å². The van der Waals surface area contributed by atoms with Gasteiger partial charge in [0.05, 0.1) is 39.7 Å². The molecule has 1 aromatic heterocycles. The number of aromatic nitrogens is 2. The van der Waals surface area contributed by atoms with Crippen molar-refractivity contribution >= 4 is 23.4 Å². The van der Waals surface area contributed by atoms with Crippen LogP contribution in [-0.2, 0) is 11.8 Å². The first-order valence-electron chi connectivity index (χ1n) is 5.65. The Balaban J connectivity index is 2.50. The number of esters is 1. The van der Waals surface area contributed by atoms with Gasteiger partial charge in [0.15, 0.2) is 0 Å². The van der Waals surface area contributed by atoms with Gasteiger partial charge >= 0.3 is 5.97 Å². The Kier molecular flexibility index (Phi) is 4.22. The van der Waals surface area contributed by atoms with Gasteiger partial charge in [0.1, 0.15) is 5.82 Å². The van der Waals surface area contributed by atoms with E-state index in [9.17, 15) is 19.3 Å². The van der Waals surface area contributed by atoms with Crippen molar-refractivity contribution in [2.45, 2.75) is 9.79 Å². The minimum Gasteiger partial charge on any atom is -0.465 e. The molecule has 0 amide bonds. The number of nitrogens with zero attached hydrogens (tertiary/aromatic N) is 3. The maximum absolute atomic E-state index is 13.7. The molecule has 0 atom stereocenters. The van der Waals surface area contributed by atoms with E-state index >= 15 is 0 Å². The van der Waals surface area contributed by atoms with E-state index in [0.717, 1.165) is 24.9 Å². The zero-order valence-electron chi connectivity index (χ0n) is 11.1. The van der Waals surface area contributed by atoms with Gasteiger partial charge in [-0.15, -0.1) is 0 Å². The molecule has 0 unspecified atom stereocenters. The summed E-state index contributed by atoms with van der Waals surface area (Å²) >= 11 is 1.01. The average Bonchev–Trinajstić information content (AvgIpc) is 2.84. The number of carbonyl (C=O) groups is 1. The predicted octanol–water partition coefficient (Wildman–Crippen LogP) is 2.41. The van der Waals surface area contributed by atoms with Crippen molar-refractivity contribution in [1.29, 1.82) is 0 Å². The molecule has 0 radical (unpaired) electrons. The largest absolute Gasteiger partial charge is 0.465 e. The number of ether oxygens (including phenoxy) is 1. The molecule has 110 valence electrons. The first kappa shape index (κ1) is 15.0. The fourth-order valence-electron chi connectivity index (χ4n) is 1.61. The molecule has 0 saturated carbocycles. The molecule has 0 bridgehead atoms. The highest BCUT2D eigenvalue weighted by Crippen LogP contribution is 2.36. The molecule has 1 aromatic carbocycles. The van der Waals surface area contributed by atoms with Crippen molar-refractivity contribution in [3.63, 3.8) is 0 Å². The quantitative estimate of drug-likeness (QED) is 0.489. The van der Waals surface area contributed by atoms with Crippen molar-refractivity contribution in [1.82, 2.24) is 9.78 Å². The first-order valence-corrected chi connectivity index (χ1v) is 6.46. The van der Waals surface area contributed by atoms with Gasteiger partial charge in [-0.1, -0.05) is 11.8 Å². The summed E-state index contributed by atoms with van der Waals surface area (Å²) in [6, 6.07) is 1.82. The van der Waals surface area contributed by atoms with Gasteiger partial charge in [-0.05, 0) is 6.07 Å². The van der Waals surface area contributed by atoms with Crippen molar-refractivity contribution < 1.29 is 18.8 Å². The zero-order chi connectivity index (χ0) is 15.6. The SMILES string of the molecule is COC(=O)c1cc(Sc2cnn(C)c2)c([N+](=O)[O-])cc1F. The molecule has 2 rings (SSSR count). The molecule has 0 spiro atoms. The standard InChI is InChI=1S/C12H10FN3O4S/c1-15-6-7(5-14-15)21-11-3-8(12(17)20-2)9(13)4-10(11)16(18)19/h3-6H,1-2H3. The van der Waals surface area contributed by atoms with E-state index in [1.165, 1.54) is 10.9 Å². The second kappa shape index (κ2) is 5.92. The van der Waals surface area contributed by atoms with E-state index in [1.54, 1.807) is 13.2 Å². The highest BCUT2D eigenvalue weighted by molar-refractivity contribution is 7.99. The number of nitro groups is 1. The highest BCUT2D eigenvalue weighted by Gasteiger charge is 2.23. The normalized spacial score (nSPS) is 10.4. The maximum Gasteiger partial charge on any atom is 0.340 e. The Morgan fingerprint density at radius 3 is 2.76 bits per heavy atom. The Morgan fingerprint density at radius 1 is 1.52 bits per heavy atom. The Hall–Kier alpha value is -2.42.